The summed E-state index contributed by atoms with van der Waals surface area (Å²) in [6.07, 6.45) is 3.15. The van der Waals surface area contributed by atoms with E-state index in [9.17, 15) is 5.11 Å². The molecule has 2 rings (SSSR count). The van der Waals surface area contributed by atoms with Gasteiger partial charge in [-0.1, -0.05) is 5.16 Å². The van der Waals surface area contributed by atoms with Gasteiger partial charge in [0.25, 0.3) is 0 Å². The minimum atomic E-state index is -0.319. The molecule has 0 radical (unpaired) electrons. The Balaban J connectivity index is 1.91. The summed E-state index contributed by atoms with van der Waals surface area (Å²) < 4.78 is 10.4. The molecule has 2 unspecified atom stereocenters. The Labute approximate surface area is 94.8 Å². The van der Waals surface area contributed by atoms with Gasteiger partial charge in [-0.05, 0) is 26.2 Å². The van der Waals surface area contributed by atoms with Gasteiger partial charge in [-0.3, -0.25) is 0 Å². The van der Waals surface area contributed by atoms with E-state index in [2.05, 4.69) is 10.1 Å². The normalized spacial score (nSPS) is 25.1. The Bertz CT molecular complexity index is 327. The number of aromatic nitrogens is 2. The van der Waals surface area contributed by atoms with Crippen molar-refractivity contribution in [1.29, 1.82) is 0 Å². The highest BCUT2D eigenvalue weighted by atomic mass is 16.5. The Morgan fingerprint density at radius 1 is 1.50 bits per heavy atom. The van der Waals surface area contributed by atoms with Crippen LogP contribution in [0.2, 0.25) is 0 Å². The van der Waals surface area contributed by atoms with Gasteiger partial charge in [-0.2, -0.15) is 4.98 Å². The van der Waals surface area contributed by atoms with Crippen molar-refractivity contribution in [2.24, 2.45) is 0 Å². The van der Waals surface area contributed by atoms with Crippen molar-refractivity contribution in [1.82, 2.24) is 10.1 Å². The van der Waals surface area contributed by atoms with Gasteiger partial charge in [0.05, 0.1) is 18.6 Å². The first kappa shape index (κ1) is 11.5. The van der Waals surface area contributed by atoms with Gasteiger partial charge >= 0.3 is 0 Å². The Morgan fingerprint density at radius 2 is 2.38 bits per heavy atom. The Kier molecular flexibility index (Phi) is 3.90. The van der Waals surface area contributed by atoms with Crippen molar-refractivity contribution in [2.75, 3.05) is 13.2 Å². The first-order valence-electron chi connectivity index (χ1n) is 5.89. The first-order chi connectivity index (χ1) is 7.81. The topological polar surface area (TPSA) is 68.4 Å². The van der Waals surface area contributed by atoms with Crippen LogP contribution in [0.25, 0.3) is 0 Å². The van der Waals surface area contributed by atoms with E-state index in [4.69, 9.17) is 9.26 Å². The molecular weight excluding hydrogens is 208 g/mol. The molecule has 0 saturated heterocycles. The van der Waals surface area contributed by atoms with Crippen LogP contribution < -0.4 is 0 Å². The molecule has 0 bridgehead atoms. The van der Waals surface area contributed by atoms with Crippen molar-refractivity contribution in [3.8, 4) is 0 Å². The minimum absolute atomic E-state index is 0.0355. The van der Waals surface area contributed by atoms with Crippen LogP contribution in [0.1, 0.15) is 43.8 Å². The number of hydrogen-bond donors (Lipinski definition) is 1. The molecule has 2 atom stereocenters. The van der Waals surface area contributed by atoms with Gasteiger partial charge in [0.15, 0.2) is 5.82 Å². The summed E-state index contributed by atoms with van der Waals surface area (Å²) in [4.78, 5) is 4.30. The minimum Gasteiger partial charge on any atom is -0.392 e. The zero-order chi connectivity index (χ0) is 11.4. The maximum atomic E-state index is 9.71. The van der Waals surface area contributed by atoms with Crippen molar-refractivity contribution in [3.63, 3.8) is 0 Å². The van der Waals surface area contributed by atoms with Crippen molar-refractivity contribution >= 4 is 0 Å². The fourth-order valence-corrected chi connectivity index (χ4v) is 2.06. The van der Waals surface area contributed by atoms with Crippen LogP contribution in [0.15, 0.2) is 4.52 Å². The van der Waals surface area contributed by atoms with Gasteiger partial charge in [0.1, 0.15) is 0 Å². The van der Waals surface area contributed by atoms with Crippen molar-refractivity contribution < 1.29 is 14.4 Å². The van der Waals surface area contributed by atoms with E-state index in [1.807, 2.05) is 6.92 Å². The summed E-state index contributed by atoms with van der Waals surface area (Å²) in [6.45, 7) is 3.27. The Morgan fingerprint density at radius 3 is 3.06 bits per heavy atom. The number of ether oxygens (including phenoxy) is 1. The molecule has 1 aliphatic rings. The number of aliphatic hydroxyl groups is 1. The lowest BCUT2D eigenvalue weighted by molar-refractivity contribution is 0.146. The molecule has 1 fully saturated rings. The third kappa shape index (κ3) is 2.59. The summed E-state index contributed by atoms with van der Waals surface area (Å²) in [7, 11) is 0. The molecule has 5 heteroatoms. The molecule has 1 N–H and O–H groups in total. The molecule has 1 saturated carbocycles. The van der Waals surface area contributed by atoms with Crippen LogP contribution in [-0.4, -0.2) is 34.6 Å². The van der Waals surface area contributed by atoms with E-state index in [1.165, 1.54) is 0 Å². The average Bonchev–Trinajstić information content (AvgIpc) is 2.87. The molecule has 1 aromatic rings. The van der Waals surface area contributed by atoms with Crippen molar-refractivity contribution in [2.45, 2.75) is 44.6 Å². The van der Waals surface area contributed by atoms with Gasteiger partial charge in [-0.15, -0.1) is 0 Å². The lowest BCUT2D eigenvalue weighted by atomic mass is 10.1. The fourth-order valence-electron chi connectivity index (χ4n) is 2.06. The number of rotatable bonds is 5. The third-order valence-electron chi connectivity index (χ3n) is 2.95. The average molecular weight is 226 g/mol. The largest absolute Gasteiger partial charge is 0.392 e. The number of aliphatic hydroxyl groups excluding tert-OH is 1. The monoisotopic (exact) mass is 226 g/mol. The lowest BCUT2D eigenvalue weighted by Gasteiger charge is -2.07. The van der Waals surface area contributed by atoms with E-state index in [1.54, 1.807) is 0 Å². The molecule has 1 aromatic heterocycles. The van der Waals surface area contributed by atoms with Gasteiger partial charge in [-0.25, -0.2) is 0 Å². The predicted molar refractivity (Wildman–Crippen MR) is 57.1 cm³/mol. The molecule has 1 heterocycles. The van der Waals surface area contributed by atoms with Crippen LogP contribution in [-0.2, 0) is 11.2 Å². The lowest BCUT2D eigenvalue weighted by Crippen LogP contribution is -2.11. The summed E-state index contributed by atoms with van der Waals surface area (Å²) >= 11 is 0. The SMILES string of the molecule is CCOCCc1noc(C2CCCC2O)n1. The summed E-state index contributed by atoms with van der Waals surface area (Å²) in [6, 6.07) is 0. The molecule has 5 nitrogen and oxygen atoms in total. The summed E-state index contributed by atoms with van der Waals surface area (Å²) in [5, 5.41) is 13.6. The predicted octanol–water partition coefficient (Wildman–Crippen LogP) is 1.28. The highest BCUT2D eigenvalue weighted by Crippen LogP contribution is 2.33. The first-order valence-corrected chi connectivity index (χ1v) is 5.89. The number of hydrogen-bond acceptors (Lipinski definition) is 5. The van der Waals surface area contributed by atoms with Crippen LogP contribution in [0.3, 0.4) is 0 Å². The van der Waals surface area contributed by atoms with Gasteiger partial charge in [0.2, 0.25) is 5.89 Å². The van der Waals surface area contributed by atoms with Gasteiger partial charge < -0.3 is 14.4 Å². The van der Waals surface area contributed by atoms with E-state index in [-0.39, 0.29) is 12.0 Å². The molecule has 1 aliphatic carbocycles. The molecule has 90 valence electrons. The van der Waals surface area contributed by atoms with E-state index in [0.29, 0.717) is 31.3 Å². The fraction of sp³-hybridized carbons (Fsp3) is 0.818. The van der Waals surface area contributed by atoms with Gasteiger partial charge in [0, 0.05) is 13.0 Å². The standard InChI is InChI=1S/C11H18N2O3/c1-2-15-7-6-10-12-11(16-13-10)8-4-3-5-9(8)14/h8-9,14H,2-7H2,1H3. The second kappa shape index (κ2) is 5.41. The molecule has 0 aromatic carbocycles. The maximum absolute atomic E-state index is 9.71. The van der Waals surface area contributed by atoms with E-state index >= 15 is 0 Å². The highest BCUT2D eigenvalue weighted by molar-refractivity contribution is 5.00. The molecule has 0 amide bonds. The third-order valence-corrected chi connectivity index (χ3v) is 2.95. The van der Waals surface area contributed by atoms with Crippen LogP contribution >= 0.6 is 0 Å². The van der Waals surface area contributed by atoms with E-state index in [0.717, 1.165) is 19.3 Å². The van der Waals surface area contributed by atoms with Crippen LogP contribution in [0.5, 0.6) is 0 Å². The van der Waals surface area contributed by atoms with Crippen molar-refractivity contribution in [3.05, 3.63) is 11.7 Å². The second-order valence-corrected chi connectivity index (χ2v) is 4.10. The van der Waals surface area contributed by atoms with Crippen LogP contribution in [0.4, 0.5) is 0 Å². The number of nitrogens with zero attached hydrogens (tertiary/aromatic N) is 2. The van der Waals surface area contributed by atoms with Crippen LogP contribution in [0, 0.1) is 0 Å². The quantitative estimate of drug-likeness (QED) is 0.766. The highest BCUT2D eigenvalue weighted by Gasteiger charge is 2.31. The molecule has 16 heavy (non-hydrogen) atoms. The zero-order valence-corrected chi connectivity index (χ0v) is 9.56. The smallest absolute Gasteiger partial charge is 0.232 e. The molecular formula is C11H18N2O3. The molecule has 0 spiro atoms. The second-order valence-electron chi connectivity index (χ2n) is 4.10. The maximum Gasteiger partial charge on any atom is 0.232 e. The summed E-state index contributed by atoms with van der Waals surface area (Å²) in [5.41, 5.74) is 0. The summed E-state index contributed by atoms with van der Waals surface area (Å²) in [5.74, 6) is 1.28. The molecule has 0 aliphatic heterocycles. The zero-order valence-electron chi connectivity index (χ0n) is 9.56. The van der Waals surface area contributed by atoms with E-state index < -0.39 is 0 Å². The Hall–Kier alpha value is -0.940.